The predicted octanol–water partition coefficient (Wildman–Crippen LogP) is 3.25. The molecule has 0 aromatic heterocycles. The fourth-order valence-electron chi connectivity index (χ4n) is 1.25. The van der Waals surface area contributed by atoms with Gasteiger partial charge < -0.3 is 5.11 Å². The maximum absolute atomic E-state index is 8.99. The molecule has 1 N–H and O–H groups in total. The summed E-state index contributed by atoms with van der Waals surface area (Å²) in [5.41, 5.74) is 1.24. The molecule has 0 fully saturated rings. The molecular formula is C11H14O. The molecule has 0 saturated carbocycles. The summed E-state index contributed by atoms with van der Waals surface area (Å²) in [4.78, 5) is 0. The molecule has 1 rings (SSSR count). The van der Waals surface area contributed by atoms with Gasteiger partial charge in [-0.1, -0.05) is 43.8 Å². The highest BCUT2D eigenvalue weighted by molar-refractivity contribution is 5.19. The van der Waals surface area contributed by atoms with Crippen LogP contribution in [0.1, 0.15) is 24.8 Å². The van der Waals surface area contributed by atoms with Crippen molar-refractivity contribution in [3.8, 4) is 0 Å². The van der Waals surface area contributed by atoms with Gasteiger partial charge in [-0.15, -0.1) is 0 Å². The summed E-state index contributed by atoms with van der Waals surface area (Å²) < 4.78 is 0. The number of rotatable bonds is 3. The summed E-state index contributed by atoms with van der Waals surface area (Å²) in [5.74, 6) is 0.607. The van der Waals surface area contributed by atoms with Crippen LogP contribution < -0.4 is 0 Å². The number of aliphatic hydroxyl groups is 1. The third-order valence-electron chi connectivity index (χ3n) is 1.91. The van der Waals surface area contributed by atoms with Crippen LogP contribution in [0, 0.1) is 0 Å². The molecule has 0 heterocycles. The Morgan fingerprint density at radius 1 is 1.42 bits per heavy atom. The van der Waals surface area contributed by atoms with E-state index in [1.807, 2.05) is 18.2 Å². The first-order valence-corrected chi connectivity index (χ1v) is 4.12. The normalized spacial score (nSPS) is 12.4. The van der Waals surface area contributed by atoms with Crippen LogP contribution in [0.15, 0.2) is 42.7 Å². The van der Waals surface area contributed by atoms with Crippen molar-refractivity contribution < 1.29 is 5.11 Å². The summed E-state index contributed by atoms with van der Waals surface area (Å²) in [6.45, 7) is 5.56. The highest BCUT2D eigenvalue weighted by Crippen LogP contribution is 2.20. The lowest BCUT2D eigenvalue weighted by Gasteiger charge is -2.09. The number of allylic oxidation sites excluding steroid dienone is 1. The lowest BCUT2D eigenvalue weighted by Crippen LogP contribution is -1.94. The lowest BCUT2D eigenvalue weighted by molar-refractivity contribution is 0.380. The maximum Gasteiger partial charge on any atom is 0.0857 e. The van der Waals surface area contributed by atoms with Gasteiger partial charge in [0.25, 0.3) is 0 Å². The molecule has 64 valence electrons. The minimum Gasteiger partial charge on any atom is -0.513 e. The van der Waals surface area contributed by atoms with Crippen molar-refractivity contribution in [1.29, 1.82) is 0 Å². The summed E-state index contributed by atoms with van der Waals surface area (Å²) in [6, 6.07) is 10.1. The summed E-state index contributed by atoms with van der Waals surface area (Å²) in [6.07, 6.45) is 0.643. The van der Waals surface area contributed by atoms with E-state index in [9.17, 15) is 0 Å². The molecule has 0 saturated heterocycles. The van der Waals surface area contributed by atoms with Gasteiger partial charge in [0.1, 0.15) is 0 Å². The van der Waals surface area contributed by atoms with E-state index in [2.05, 4.69) is 25.6 Å². The minimum absolute atomic E-state index is 0.256. The van der Waals surface area contributed by atoms with E-state index in [-0.39, 0.29) is 5.76 Å². The van der Waals surface area contributed by atoms with Crippen LogP contribution in [-0.4, -0.2) is 5.11 Å². The van der Waals surface area contributed by atoms with Crippen molar-refractivity contribution in [1.82, 2.24) is 0 Å². The maximum atomic E-state index is 8.99. The van der Waals surface area contributed by atoms with E-state index in [0.717, 1.165) is 0 Å². The van der Waals surface area contributed by atoms with E-state index in [4.69, 9.17) is 5.11 Å². The Hall–Kier alpha value is -1.24. The van der Waals surface area contributed by atoms with Gasteiger partial charge in [-0.3, -0.25) is 0 Å². The average molecular weight is 162 g/mol. The van der Waals surface area contributed by atoms with Crippen LogP contribution in [0.25, 0.3) is 0 Å². The standard InChI is InChI=1S/C11H14O/c1-9(8-10(2)12)11-6-4-3-5-7-11/h3-7,9,12H,2,8H2,1H3. The molecule has 1 atom stereocenters. The predicted molar refractivity (Wildman–Crippen MR) is 51.2 cm³/mol. The van der Waals surface area contributed by atoms with Crippen LogP contribution in [0.3, 0.4) is 0 Å². The van der Waals surface area contributed by atoms with Crippen LogP contribution >= 0.6 is 0 Å². The molecule has 1 aromatic carbocycles. The van der Waals surface area contributed by atoms with Crippen molar-refractivity contribution in [2.45, 2.75) is 19.3 Å². The van der Waals surface area contributed by atoms with Crippen molar-refractivity contribution in [3.63, 3.8) is 0 Å². The van der Waals surface area contributed by atoms with Crippen LogP contribution in [0.4, 0.5) is 0 Å². The molecule has 0 aliphatic rings. The van der Waals surface area contributed by atoms with Crippen LogP contribution in [0.2, 0.25) is 0 Å². The van der Waals surface area contributed by atoms with Gasteiger partial charge in [-0.2, -0.15) is 0 Å². The quantitative estimate of drug-likeness (QED) is 0.676. The third kappa shape index (κ3) is 2.42. The largest absolute Gasteiger partial charge is 0.513 e. The summed E-state index contributed by atoms with van der Waals surface area (Å²) >= 11 is 0. The number of benzene rings is 1. The van der Waals surface area contributed by atoms with Crippen molar-refractivity contribution in [3.05, 3.63) is 48.2 Å². The molecule has 1 nitrogen and oxygen atoms in total. The molecule has 1 heteroatoms. The second-order valence-corrected chi connectivity index (χ2v) is 3.08. The van der Waals surface area contributed by atoms with E-state index in [1.165, 1.54) is 5.56 Å². The SMILES string of the molecule is C=C(O)CC(C)c1ccccc1. The number of aliphatic hydroxyl groups excluding tert-OH is 1. The Morgan fingerprint density at radius 2 is 2.00 bits per heavy atom. The summed E-state index contributed by atoms with van der Waals surface area (Å²) in [7, 11) is 0. The topological polar surface area (TPSA) is 20.2 Å². The van der Waals surface area contributed by atoms with Crippen molar-refractivity contribution >= 4 is 0 Å². The molecule has 1 aromatic rings. The molecule has 0 amide bonds. The Kier molecular flexibility index (Phi) is 2.92. The zero-order valence-electron chi connectivity index (χ0n) is 7.33. The number of hydrogen-bond donors (Lipinski definition) is 1. The molecule has 0 radical (unpaired) electrons. The lowest BCUT2D eigenvalue weighted by atomic mass is 9.97. The molecular weight excluding hydrogens is 148 g/mol. The van der Waals surface area contributed by atoms with Gasteiger partial charge in [0.15, 0.2) is 0 Å². The second-order valence-electron chi connectivity index (χ2n) is 3.08. The smallest absolute Gasteiger partial charge is 0.0857 e. The van der Waals surface area contributed by atoms with Gasteiger partial charge in [-0.25, -0.2) is 0 Å². The van der Waals surface area contributed by atoms with E-state index in [1.54, 1.807) is 0 Å². The molecule has 12 heavy (non-hydrogen) atoms. The average Bonchev–Trinajstić information content (AvgIpc) is 2.05. The van der Waals surface area contributed by atoms with E-state index >= 15 is 0 Å². The van der Waals surface area contributed by atoms with Gasteiger partial charge in [0.05, 0.1) is 5.76 Å². The first-order valence-electron chi connectivity index (χ1n) is 4.12. The minimum atomic E-state index is 0.256. The third-order valence-corrected chi connectivity index (χ3v) is 1.91. The zero-order valence-corrected chi connectivity index (χ0v) is 7.33. The van der Waals surface area contributed by atoms with Crippen molar-refractivity contribution in [2.75, 3.05) is 0 Å². The van der Waals surface area contributed by atoms with Gasteiger partial charge >= 0.3 is 0 Å². The summed E-state index contributed by atoms with van der Waals surface area (Å²) in [5, 5.41) is 8.99. The van der Waals surface area contributed by atoms with Gasteiger partial charge in [0, 0.05) is 6.42 Å². The monoisotopic (exact) mass is 162 g/mol. The highest BCUT2D eigenvalue weighted by atomic mass is 16.3. The molecule has 1 unspecified atom stereocenters. The zero-order chi connectivity index (χ0) is 8.97. The Bertz CT molecular complexity index is 251. The first kappa shape index (κ1) is 8.85. The molecule has 0 aliphatic heterocycles. The van der Waals surface area contributed by atoms with E-state index < -0.39 is 0 Å². The fourth-order valence-corrected chi connectivity index (χ4v) is 1.25. The molecule has 0 spiro atoms. The van der Waals surface area contributed by atoms with Gasteiger partial charge in [0.2, 0.25) is 0 Å². The van der Waals surface area contributed by atoms with Gasteiger partial charge in [-0.05, 0) is 11.5 Å². The Morgan fingerprint density at radius 3 is 2.50 bits per heavy atom. The Labute approximate surface area is 73.4 Å². The molecule has 0 aliphatic carbocycles. The van der Waals surface area contributed by atoms with Crippen LogP contribution in [-0.2, 0) is 0 Å². The Balaban J connectivity index is 2.65. The van der Waals surface area contributed by atoms with Crippen molar-refractivity contribution in [2.24, 2.45) is 0 Å². The number of hydrogen-bond acceptors (Lipinski definition) is 1. The van der Waals surface area contributed by atoms with Crippen LogP contribution in [0.5, 0.6) is 0 Å². The fraction of sp³-hybridized carbons (Fsp3) is 0.273. The van der Waals surface area contributed by atoms with E-state index in [0.29, 0.717) is 12.3 Å². The first-order chi connectivity index (χ1) is 5.70. The highest BCUT2D eigenvalue weighted by Gasteiger charge is 2.04. The molecule has 0 bridgehead atoms. The second kappa shape index (κ2) is 3.96.